The molecular formula is C13H18N2. The lowest BCUT2D eigenvalue weighted by Gasteiger charge is -2.09. The van der Waals surface area contributed by atoms with Crippen LogP contribution in [0.5, 0.6) is 0 Å². The molecule has 2 nitrogen and oxygen atoms in total. The van der Waals surface area contributed by atoms with Crippen LogP contribution in [0.2, 0.25) is 0 Å². The molecule has 2 N–H and O–H groups in total. The van der Waals surface area contributed by atoms with Gasteiger partial charge in [0.25, 0.3) is 0 Å². The molecule has 1 aromatic carbocycles. The summed E-state index contributed by atoms with van der Waals surface area (Å²) in [4.78, 5) is 0. The van der Waals surface area contributed by atoms with Gasteiger partial charge in [0.15, 0.2) is 0 Å². The van der Waals surface area contributed by atoms with Gasteiger partial charge in [-0.15, -0.1) is 6.58 Å². The fourth-order valence-corrected chi connectivity index (χ4v) is 1.34. The zero-order valence-electron chi connectivity index (χ0n) is 9.22. The highest BCUT2D eigenvalue weighted by atomic mass is 14.9. The molecular weight excluding hydrogens is 184 g/mol. The molecule has 0 amide bonds. The molecule has 0 aliphatic heterocycles. The van der Waals surface area contributed by atoms with E-state index in [0.29, 0.717) is 0 Å². The van der Waals surface area contributed by atoms with Crippen LogP contribution in [0.3, 0.4) is 0 Å². The van der Waals surface area contributed by atoms with Crippen molar-refractivity contribution in [2.75, 3.05) is 17.2 Å². The third kappa shape index (κ3) is 3.90. The zero-order valence-corrected chi connectivity index (χ0v) is 9.22. The van der Waals surface area contributed by atoms with E-state index < -0.39 is 0 Å². The molecule has 0 radical (unpaired) electrons. The standard InChI is InChI=1S/C13H18N2/c1-4-7-11(3)15-13-9-6-8-12(10-13)14-5-2/h4,6,8-10,14-15H,1,3,5,7H2,2H3. The molecule has 0 aliphatic carbocycles. The van der Waals surface area contributed by atoms with Crippen molar-refractivity contribution in [3.05, 3.63) is 49.2 Å². The quantitative estimate of drug-likeness (QED) is 0.688. The maximum Gasteiger partial charge on any atom is 0.0402 e. The summed E-state index contributed by atoms with van der Waals surface area (Å²) in [7, 11) is 0. The number of rotatable bonds is 6. The molecule has 15 heavy (non-hydrogen) atoms. The average Bonchev–Trinajstić information content (AvgIpc) is 2.19. The summed E-state index contributed by atoms with van der Waals surface area (Å²) in [5, 5.41) is 6.50. The minimum atomic E-state index is 0.783. The van der Waals surface area contributed by atoms with Gasteiger partial charge in [-0.05, 0) is 25.1 Å². The Balaban J connectivity index is 2.64. The molecule has 0 fully saturated rings. The summed E-state index contributed by atoms with van der Waals surface area (Å²) in [5.41, 5.74) is 3.13. The van der Waals surface area contributed by atoms with Crippen molar-refractivity contribution < 1.29 is 0 Å². The summed E-state index contributed by atoms with van der Waals surface area (Å²) in [5.74, 6) is 0. The van der Waals surface area contributed by atoms with E-state index in [2.05, 4.69) is 36.8 Å². The minimum Gasteiger partial charge on any atom is -0.385 e. The van der Waals surface area contributed by atoms with E-state index in [4.69, 9.17) is 0 Å². The number of nitrogens with one attached hydrogen (secondary N) is 2. The summed E-state index contributed by atoms with van der Waals surface area (Å²) in [6.07, 6.45) is 2.62. The van der Waals surface area contributed by atoms with Gasteiger partial charge in [0.1, 0.15) is 0 Å². The highest BCUT2D eigenvalue weighted by Gasteiger charge is 1.95. The number of anilines is 2. The summed E-state index contributed by atoms with van der Waals surface area (Å²) in [6.45, 7) is 10.6. The van der Waals surface area contributed by atoms with Crippen LogP contribution in [0.1, 0.15) is 13.3 Å². The van der Waals surface area contributed by atoms with Gasteiger partial charge in [-0.25, -0.2) is 0 Å². The van der Waals surface area contributed by atoms with Crippen LogP contribution in [-0.2, 0) is 0 Å². The molecule has 1 aromatic rings. The Morgan fingerprint density at radius 1 is 1.40 bits per heavy atom. The molecule has 0 aliphatic rings. The Morgan fingerprint density at radius 2 is 2.13 bits per heavy atom. The Labute approximate surface area is 91.7 Å². The van der Waals surface area contributed by atoms with E-state index in [-0.39, 0.29) is 0 Å². The second-order valence-electron chi connectivity index (χ2n) is 3.33. The van der Waals surface area contributed by atoms with Gasteiger partial charge in [0.05, 0.1) is 0 Å². The van der Waals surface area contributed by atoms with E-state index in [1.807, 2.05) is 24.3 Å². The maximum atomic E-state index is 3.91. The molecule has 0 aromatic heterocycles. The van der Waals surface area contributed by atoms with Crippen molar-refractivity contribution in [1.29, 1.82) is 0 Å². The molecule has 0 heterocycles. The Kier molecular flexibility index (Phi) is 4.48. The van der Waals surface area contributed by atoms with Crippen LogP contribution in [-0.4, -0.2) is 6.54 Å². The van der Waals surface area contributed by atoms with E-state index in [1.54, 1.807) is 0 Å². The van der Waals surface area contributed by atoms with Gasteiger partial charge in [-0.3, -0.25) is 0 Å². The summed E-state index contributed by atoms with van der Waals surface area (Å²) in [6, 6.07) is 8.15. The predicted molar refractivity (Wildman–Crippen MR) is 68.2 cm³/mol. The molecule has 0 unspecified atom stereocenters. The number of hydrogen-bond donors (Lipinski definition) is 2. The normalized spacial score (nSPS) is 9.40. The SMILES string of the molecule is C=CCC(=C)Nc1cccc(NCC)c1. The second-order valence-corrected chi connectivity index (χ2v) is 3.33. The second kappa shape index (κ2) is 5.91. The van der Waals surface area contributed by atoms with Crippen molar-refractivity contribution >= 4 is 11.4 Å². The molecule has 0 spiro atoms. The first kappa shape index (κ1) is 11.4. The van der Waals surface area contributed by atoms with Crippen LogP contribution in [0.25, 0.3) is 0 Å². The molecule has 80 valence electrons. The van der Waals surface area contributed by atoms with Crippen LogP contribution in [0.15, 0.2) is 49.2 Å². The van der Waals surface area contributed by atoms with Crippen molar-refractivity contribution in [3.63, 3.8) is 0 Å². The highest BCUT2D eigenvalue weighted by molar-refractivity contribution is 5.58. The van der Waals surface area contributed by atoms with Gasteiger partial charge >= 0.3 is 0 Å². The van der Waals surface area contributed by atoms with Crippen LogP contribution < -0.4 is 10.6 Å². The Morgan fingerprint density at radius 3 is 2.80 bits per heavy atom. The molecule has 0 saturated heterocycles. The van der Waals surface area contributed by atoms with Gasteiger partial charge in [0, 0.05) is 30.0 Å². The van der Waals surface area contributed by atoms with Gasteiger partial charge < -0.3 is 10.6 Å². The summed E-state index contributed by atoms with van der Waals surface area (Å²) >= 11 is 0. The monoisotopic (exact) mass is 202 g/mol. The van der Waals surface area contributed by atoms with Gasteiger partial charge in [-0.2, -0.15) is 0 Å². The average molecular weight is 202 g/mol. The third-order valence-electron chi connectivity index (χ3n) is 1.96. The van der Waals surface area contributed by atoms with Crippen molar-refractivity contribution in [2.24, 2.45) is 0 Å². The third-order valence-corrected chi connectivity index (χ3v) is 1.96. The first-order chi connectivity index (χ1) is 7.26. The van der Waals surface area contributed by atoms with E-state index in [9.17, 15) is 0 Å². The van der Waals surface area contributed by atoms with Gasteiger partial charge in [0.2, 0.25) is 0 Å². The topological polar surface area (TPSA) is 24.1 Å². The molecule has 0 saturated carbocycles. The number of benzene rings is 1. The molecule has 2 heteroatoms. The fourth-order valence-electron chi connectivity index (χ4n) is 1.34. The predicted octanol–water partition coefficient (Wildman–Crippen LogP) is 3.62. The molecule has 0 atom stereocenters. The van der Waals surface area contributed by atoms with E-state index >= 15 is 0 Å². The van der Waals surface area contributed by atoms with Crippen molar-refractivity contribution in [1.82, 2.24) is 0 Å². The first-order valence-electron chi connectivity index (χ1n) is 5.16. The fraction of sp³-hybridized carbons (Fsp3) is 0.231. The summed E-state index contributed by atoms with van der Waals surface area (Å²) < 4.78 is 0. The molecule has 0 bridgehead atoms. The first-order valence-corrected chi connectivity index (χ1v) is 5.16. The van der Waals surface area contributed by atoms with Crippen molar-refractivity contribution in [2.45, 2.75) is 13.3 Å². The van der Waals surface area contributed by atoms with E-state index in [0.717, 1.165) is 30.0 Å². The van der Waals surface area contributed by atoms with Crippen LogP contribution >= 0.6 is 0 Å². The Bertz CT molecular complexity index is 342. The minimum absolute atomic E-state index is 0.783. The Hall–Kier alpha value is -1.70. The molecule has 1 rings (SSSR count). The van der Waals surface area contributed by atoms with E-state index in [1.165, 1.54) is 0 Å². The lowest BCUT2D eigenvalue weighted by molar-refractivity contribution is 1.21. The largest absolute Gasteiger partial charge is 0.385 e. The van der Waals surface area contributed by atoms with Gasteiger partial charge in [-0.1, -0.05) is 18.7 Å². The smallest absolute Gasteiger partial charge is 0.0402 e. The highest BCUT2D eigenvalue weighted by Crippen LogP contribution is 2.16. The lowest BCUT2D eigenvalue weighted by Crippen LogP contribution is -1.99. The van der Waals surface area contributed by atoms with Crippen LogP contribution in [0, 0.1) is 0 Å². The number of allylic oxidation sites excluding steroid dienone is 1. The maximum absolute atomic E-state index is 3.91. The lowest BCUT2D eigenvalue weighted by atomic mass is 10.2. The van der Waals surface area contributed by atoms with Crippen LogP contribution in [0.4, 0.5) is 11.4 Å². The number of hydrogen-bond acceptors (Lipinski definition) is 2. The zero-order chi connectivity index (χ0) is 11.1. The van der Waals surface area contributed by atoms with Crippen molar-refractivity contribution in [3.8, 4) is 0 Å².